The summed E-state index contributed by atoms with van der Waals surface area (Å²) >= 11 is 6.42. The van der Waals surface area contributed by atoms with Crippen molar-refractivity contribution in [3.8, 4) is 0 Å². The Kier molecular flexibility index (Phi) is 8.96. The van der Waals surface area contributed by atoms with Crippen molar-refractivity contribution >= 4 is 35.1 Å². The number of hydrogen-bond donors (Lipinski definition) is 1. The normalized spacial score (nSPS) is 18.7. The van der Waals surface area contributed by atoms with Crippen molar-refractivity contribution in [2.45, 2.75) is 37.4 Å². The third-order valence-corrected chi connectivity index (χ3v) is 8.96. The summed E-state index contributed by atoms with van der Waals surface area (Å²) in [6.45, 7) is 5.61. The van der Waals surface area contributed by atoms with Crippen molar-refractivity contribution in [3.05, 3.63) is 81.7 Å². The molecule has 2 aromatic rings. The summed E-state index contributed by atoms with van der Waals surface area (Å²) in [6.07, 6.45) is -1.40. The second-order valence-electron chi connectivity index (χ2n) is 11.5. The maximum atomic E-state index is 14.2. The molecule has 3 heterocycles. The van der Waals surface area contributed by atoms with Gasteiger partial charge in [-0.2, -0.15) is 23.0 Å². The lowest BCUT2D eigenvalue weighted by Gasteiger charge is -2.37. The maximum absolute atomic E-state index is 14.2. The summed E-state index contributed by atoms with van der Waals surface area (Å²) in [7, 11) is 1.96. The summed E-state index contributed by atoms with van der Waals surface area (Å²) in [4.78, 5) is 44.5. The van der Waals surface area contributed by atoms with Gasteiger partial charge >= 0.3 is 18.2 Å². The van der Waals surface area contributed by atoms with E-state index < -0.39 is 30.1 Å². The maximum Gasteiger partial charge on any atom is 0.398 e. The van der Waals surface area contributed by atoms with Gasteiger partial charge in [0.2, 0.25) is 0 Å². The molecule has 0 unspecified atom stereocenters. The average Bonchev–Trinajstić information content (AvgIpc) is 3.74. The minimum Gasteiger partial charge on any atom is -0.478 e. The molecule has 1 aromatic carbocycles. The minimum absolute atomic E-state index is 0.0530. The van der Waals surface area contributed by atoms with Gasteiger partial charge in [-0.1, -0.05) is 36.4 Å². The number of carbonyl (C=O) groups is 3. The molecule has 2 aliphatic heterocycles. The SMILES string of the molecule is C=C(/C=C\C(=C/CF)C(=O)O)c1nn(C(=O)c2c(Cl)cccc2C2(C(F)(F)F)CC2)c2c1CCN(C(=O)N1CCN(C)CC1)C2. The van der Waals surface area contributed by atoms with Crippen molar-refractivity contribution in [2.75, 3.05) is 46.4 Å². The summed E-state index contributed by atoms with van der Waals surface area (Å²) in [6, 6.07) is 3.74. The fourth-order valence-corrected chi connectivity index (χ4v) is 6.12. The lowest BCUT2D eigenvalue weighted by atomic mass is 9.90. The monoisotopic (exact) mass is 649 g/mol. The Labute approximate surface area is 262 Å². The summed E-state index contributed by atoms with van der Waals surface area (Å²) in [5.41, 5.74) is -1.86. The van der Waals surface area contributed by atoms with Gasteiger partial charge in [0.1, 0.15) is 6.67 Å². The quantitative estimate of drug-likeness (QED) is 0.255. The van der Waals surface area contributed by atoms with E-state index in [1.54, 1.807) is 9.80 Å². The molecular formula is C31H32ClF4N5O4. The molecule has 2 fully saturated rings. The van der Waals surface area contributed by atoms with Crippen LogP contribution in [0.4, 0.5) is 22.4 Å². The van der Waals surface area contributed by atoms with Crippen LogP contribution in [-0.4, -0.2) is 100 Å². The van der Waals surface area contributed by atoms with Gasteiger partial charge in [-0.3, -0.25) is 4.79 Å². The van der Waals surface area contributed by atoms with Crippen LogP contribution in [0.1, 0.15) is 45.7 Å². The molecule has 0 radical (unpaired) electrons. The molecule has 9 nitrogen and oxygen atoms in total. The Hall–Kier alpha value is -3.97. The molecule has 1 aliphatic carbocycles. The number of piperazine rings is 1. The Morgan fingerprint density at radius 3 is 2.38 bits per heavy atom. The standard InChI is InChI=1S/C31H32ClF4N5O4/c1-19(6-7-20(8-12-33)28(43)44)26-21-9-13-40(29(45)39-16-14-38(2)15-17-39)18-24(21)41(37-26)27(42)25-22(4-3-5-23(25)32)30(10-11-30)31(34,35)36/h3-8H,1,9-18H2,2H3,(H,43,44)/b7-6-,20-8+. The van der Waals surface area contributed by atoms with Gasteiger partial charge in [0.25, 0.3) is 5.91 Å². The predicted octanol–water partition coefficient (Wildman–Crippen LogP) is 5.09. The van der Waals surface area contributed by atoms with Crippen molar-refractivity contribution in [1.82, 2.24) is 24.5 Å². The van der Waals surface area contributed by atoms with Crippen LogP contribution in [0.5, 0.6) is 0 Å². The third-order valence-electron chi connectivity index (χ3n) is 8.65. The van der Waals surface area contributed by atoms with Gasteiger partial charge in [-0.15, -0.1) is 0 Å². The van der Waals surface area contributed by atoms with E-state index in [-0.39, 0.29) is 71.4 Å². The van der Waals surface area contributed by atoms with Crippen molar-refractivity contribution in [2.24, 2.45) is 0 Å². The lowest BCUT2D eigenvalue weighted by Crippen LogP contribution is -2.52. The van der Waals surface area contributed by atoms with E-state index in [2.05, 4.69) is 16.6 Å². The number of carbonyl (C=O) groups excluding carboxylic acids is 2. The first kappa shape index (κ1) is 32.4. The highest BCUT2D eigenvalue weighted by Gasteiger charge is 2.65. The van der Waals surface area contributed by atoms with Crippen molar-refractivity contribution < 1.29 is 37.1 Å². The Balaban J connectivity index is 1.57. The highest BCUT2D eigenvalue weighted by Crippen LogP contribution is 2.60. The molecule has 1 aromatic heterocycles. The molecular weight excluding hydrogens is 618 g/mol. The number of carboxylic acid groups (broad SMARTS) is 1. The van der Waals surface area contributed by atoms with E-state index in [9.17, 15) is 37.1 Å². The number of allylic oxidation sites excluding steroid dienone is 3. The number of nitrogens with zero attached hydrogens (tertiary/aromatic N) is 5. The number of carboxylic acids is 1. The van der Waals surface area contributed by atoms with Crippen LogP contribution in [0.25, 0.3) is 5.57 Å². The number of likely N-dealkylation sites (N-methyl/N-ethyl adjacent to an activating group) is 1. The summed E-state index contributed by atoms with van der Waals surface area (Å²) in [5, 5.41) is 13.7. The molecule has 2 amide bonds. The Morgan fingerprint density at radius 2 is 1.78 bits per heavy atom. The largest absolute Gasteiger partial charge is 0.478 e. The third kappa shape index (κ3) is 6.15. The molecule has 3 aliphatic rings. The fraction of sp³-hybridized carbons (Fsp3) is 0.419. The van der Waals surface area contributed by atoms with Crippen molar-refractivity contribution in [3.63, 3.8) is 0 Å². The number of benzene rings is 1. The summed E-state index contributed by atoms with van der Waals surface area (Å²) in [5.74, 6) is -2.25. The number of hydrogen-bond acceptors (Lipinski definition) is 5. The van der Waals surface area contributed by atoms with Gasteiger partial charge in [-0.25, -0.2) is 14.0 Å². The van der Waals surface area contributed by atoms with E-state index in [4.69, 9.17) is 11.6 Å². The molecule has 0 bridgehead atoms. The zero-order chi connectivity index (χ0) is 32.7. The van der Waals surface area contributed by atoms with Gasteiger partial charge in [0.15, 0.2) is 0 Å². The van der Waals surface area contributed by atoms with E-state index in [0.29, 0.717) is 37.4 Å². The number of aromatic nitrogens is 2. The van der Waals surface area contributed by atoms with Gasteiger partial charge in [-0.05, 0) is 55.7 Å². The second-order valence-corrected chi connectivity index (χ2v) is 11.9. The van der Waals surface area contributed by atoms with Crippen LogP contribution in [-0.2, 0) is 23.2 Å². The highest BCUT2D eigenvalue weighted by molar-refractivity contribution is 6.34. The predicted molar refractivity (Wildman–Crippen MR) is 159 cm³/mol. The van der Waals surface area contributed by atoms with Gasteiger partial charge in [0, 0.05) is 38.3 Å². The minimum atomic E-state index is -4.61. The first-order valence-electron chi connectivity index (χ1n) is 14.4. The van der Waals surface area contributed by atoms with E-state index >= 15 is 0 Å². The van der Waals surface area contributed by atoms with Gasteiger partial charge in [0.05, 0.1) is 39.5 Å². The van der Waals surface area contributed by atoms with Crippen LogP contribution in [0.15, 0.2) is 48.6 Å². The van der Waals surface area contributed by atoms with Crippen LogP contribution in [0.2, 0.25) is 5.02 Å². The molecule has 0 atom stereocenters. The zero-order valence-electron chi connectivity index (χ0n) is 24.5. The Morgan fingerprint density at radius 1 is 1.09 bits per heavy atom. The molecule has 1 saturated carbocycles. The number of aliphatic carboxylic acids is 1. The molecule has 1 saturated heterocycles. The topological polar surface area (TPSA) is 99.0 Å². The van der Waals surface area contributed by atoms with Crippen molar-refractivity contribution in [1.29, 1.82) is 0 Å². The fourth-order valence-electron chi connectivity index (χ4n) is 5.86. The van der Waals surface area contributed by atoms with E-state index in [1.807, 2.05) is 7.05 Å². The number of alkyl halides is 4. The zero-order valence-corrected chi connectivity index (χ0v) is 25.3. The molecule has 5 rings (SSSR count). The molecule has 240 valence electrons. The second kappa shape index (κ2) is 12.4. The average molecular weight is 650 g/mol. The number of rotatable bonds is 7. The van der Waals surface area contributed by atoms with Gasteiger partial charge < -0.3 is 19.8 Å². The smallest absolute Gasteiger partial charge is 0.398 e. The van der Waals surface area contributed by atoms with Crippen LogP contribution < -0.4 is 0 Å². The number of fused-ring (bicyclic) bond motifs is 1. The van der Waals surface area contributed by atoms with Crippen LogP contribution in [0, 0.1) is 0 Å². The first-order chi connectivity index (χ1) is 21.3. The number of halogens is 5. The summed E-state index contributed by atoms with van der Waals surface area (Å²) < 4.78 is 56.5. The van der Waals surface area contributed by atoms with E-state index in [1.165, 1.54) is 24.3 Å². The van der Waals surface area contributed by atoms with E-state index in [0.717, 1.165) is 16.8 Å². The molecule has 0 spiro atoms. The molecule has 14 heteroatoms. The number of urea groups is 1. The molecule has 45 heavy (non-hydrogen) atoms. The number of amides is 2. The lowest BCUT2D eigenvalue weighted by molar-refractivity contribution is -0.160. The van der Waals surface area contributed by atoms with Crippen LogP contribution >= 0.6 is 11.6 Å². The highest BCUT2D eigenvalue weighted by atomic mass is 35.5. The Bertz CT molecular complexity index is 1600. The van der Waals surface area contributed by atoms with Crippen LogP contribution in [0.3, 0.4) is 0 Å². The molecule has 1 N–H and O–H groups in total. The first-order valence-corrected chi connectivity index (χ1v) is 14.8.